The molecule has 0 bridgehead atoms. The van der Waals surface area contributed by atoms with Crippen molar-refractivity contribution in [1.29, 1.82) is 0 Å². The summed E-state index contributed by atoms with van der Waals surface area (Å²) >= 11 is 0. The van der Waals surface area contributed by atoms with Crippen molar-refractivity contribution < 1.29 is 9.13 Å². The maximum Gasteiger partial charge on any atom is 0.169 e. The van der Waals surface area contributed by atoms with Crippen LogP contribution in [0, 0.1) is 0 Å². The second-order valence-corrected chi connectivity index (χ2v) is 13.7. The second-order valence-electron chi connectivity index (χ2n) is 11.0. The molecule has 214 valence electrons. The molecule has 38 heavy (non-hydrogen) atoms. The zero-order chi connectivity index (χ0) is 26.9. The lowest BCUT2D eigenvalue weighted by atomic mass is 10.1. The molecule has 0 aromatic carbocycles. The van der Waals surface area contributed by atoms with Crippen LogP contribution in [0.1, 0.15) is 128 Å². The van der Waals surface area contributed by atoms with Crippen LogP contribution in [0.4, 0.5) is 0 Å². The molecule has 0 N–H and O–H groups in total. The van der Waals surface area contributed by atoms with E-state index in [1.54, 1.807) is 0 Å². The number of rotatable bonds is 25. The molecule has 2 rings (SSSR count). The van der Waals surface area contributed by atoms with E-state index in [9.17, 15) is 0 Å². The largest absolute Gasteiger partial charge is 0.205 e. The van der Waals surface area contributed by atoms with E-state index >= 15 is 0 Å². The average molecular weight is 559 g/mol. The zero-order valence-corrected chi connectivity index (χ0v) is 26.5. The first-order valence-electron chi connectivity index (χ1n) is 16.0. The first-order valence-corrected chi connectivity index (χ1v) is 18.5. The number of unbranched alkanes of at least 4 members (excludes halogenated alkanes) is 14. The van der Waals surface area contributed by atoms with E-state index < -0.39 is 0 Å². The van der Waals surface area contributed by atoms with Gasteiger partial charge in [0.2, 0.25) is 0 Å². The van der Waals surface area contributed by atoms with Crippen molar-refractivity contribution in [2.24, 2.45) is 0 Å². The van der Waals surface area contributed by atoms with Crippen LogP contribution < -0.4 is 9.13 Å². The molecule has 0 unspecified atom stereocenters. The van der Waals surface area contributed by atoms with Crippen LogP contribution in [0.3, 0.4) is 0 Å². The van der Waals surface area contributed by atoms with Crippen LogP contribution in [0.5, 0.6) is 0 Å². The summed E-state index contributed by atoms with van der Waals surface area (Å²) < 4.78 is 4.73. The number of hydrogen-bond acceptors (Lipinski definition) is 2. The van der Waals surface area contributed by atoms with Crippen LogP contribution in [-0.2, 0) is 25.9 Å². The number of pyridine rings is 2. The first-order chi connectivity index (χ1) is 18.8. The summed E-state index contributed by atoms with van der Waals surface area (Å²) in [5.74, 6) is 2.39. The number of aryl methyl sites for hydroxylation is 4. The van der Waals surface area contributed by atoms with Crippen LogP contribution in [0.25, 0.3) is 0 Å². The Morgan fingerprint density at radius 3 is 1.11 bits per heavy atom. The maximum atomic E-state index is 2.36. The highest BCUT2D eigenvalue weighted by Gasteiger charge is 2.04. The van der Waals surface area contributed by atoms with E-state index in [2.05, 4.69) is 72.0 Å². The monoisotopic (exact) mass is 558 g/mol. The Hall–Kier alpha value is -1.00. The van der Waals surface area contributed by atoms with Gasteiger partial charge in [0.25, 0.3) is 0 Å². The van der Waals surface area contributed by atoms with Gasteiger partial charge in [-0.15, -0.1) is 0 Å². The minimum absolute atomic E-state index is 1.17. The Bertz CT molecular complexity index is 709. The van der Waals surface area contributed by atoms with Gasteiger partial charge in [0.1, 0.15) is 13.1 Å². The highest BCUT2D eigenvalue weighted by molar-refractivity contribution is 8.76. The van der Waals surface area contributed by atoms with E-state index in [1.807, 2.05) is 21.6 Å². The Balaban J connectivity index is 1.44. The Morgan fingerprint density at radius 1 is 0.447 bits per heavy atom. The third-order valence-electron chi connectivity index (χ3n) is 7.49. The summed E-state index contributed by atoms with van der Waals surface area (Å²) in [7, 11) is 4.05. The molecule has 2 aromatic rings. The summed E-state index contributed by atoms with van der Waals surface area (Å²) in [6, 6.07) is 9.29. The van der Waals surface area contributed by atoms with Crippen LogP contribution in [0.2, 0.25) is 0 Å². The van der Waals surface area contributed by atoms with E-state index in [4.69, 9.17) is 0 Å². The Morgan fingerprint density at radius 2 is 0.763 bits per heavy atom. The lowest BCUT2D eigenvalue weighted by Gasteiger charge is -2.04. The summed E-state index contributed by atoms with van der Waals surface area (Å²) in [6.45, 7) is 6.91. The van der Waals surface area contributed by atoms with E-state index in [-0.39, 0.29) is 0 Å². The normalized spacial score (nSPS) is 11.3. The molecule has 2 nitrogen and oxygen atoms in total. The quantitative estimate of drug-likeness (QED) is 0.0680. The topological polar surface area (TPSA) is 7.76 Å². The summed E-state index contributed by atoms with van der Waals surface area (Å²) in [6.07, 6.45) is 33.7. The van der Waals surface area contributed by atoms with Gasteiger partial charge in [0, 0.05) is 48.6 Å². The molecule has 2 aromatic heterocycles. The molecule has 4 heteroatoms. The molecule has 0 saturated heterocycles. The van der Waals surface area contributed by atoms with Gasteiger partial charge < -0.3 is 0 Å². The average Bonchev–Trinajstić information content (AvgIpc) is 2.95. The minimum atomic E-state index is 1.17. The Labute approximate surface area is 244 Å². The van der Waals surface area contributed by atoms with E-state index in [1.165, 1.54) is 151 Å². The highest BCUT2D eigenvalue weighted by atomic mass is 33.1. The molecular weight excluding hydrogens is 501 g/mol. The molecule has 0 atom stereocenters. The van der Waals surface area contributed by atoms with E-state index in [0.717, 1.165) is 0 Å². The molecular formula is C34H58N2S2+2. The lowest BCUT2D eigenvalue weighted by Crippen LogP contribution is -2.32. The summed E-state index contributed by atoms with van der Waals surface area (Å²) in [5.41, 5.74) is 2.93. The molecule has 0 aliphatic rings. The van der Waals surface area contributed by atoms with Crippen molar-refractivity contribution in [3.05, 3.63) is 60.2 Å². The predicted molar refractivity (Wildman–Crippen MR) is 171 cm³/mol. The second kappa shape index (κ2) is 23.9. The van der Waals surface area contributed by atoms with Crippen molar-refractivity contribution in [2.45, 2.75) is 143 Å². The maximum absolute atomic E-state index is 2.36. The van der Waals surface area contributed by atoms with Gasteiger partial charge in [-0.05, 0) is 36.8 Å². The van der Waals surface area contributed by atoms with Gasteiger partial charge in [0.05, 0.1) is 0 Å². The molecule has 2 heterocycles. The highest BCUT2D eigenvalue weighted by Crippen LogP contribution is 2.23. The molecule has 0 radical (unpaired) electrons. The van der Waals surface area contributed by atoms with Gasteiger partial charge in [-0.25, -0.2) is 9.13 Å². The third-order valence-corrected chi connectivity index (χ3v) is 9.90. The van der Waals surface area contributed by atoms with E-state index in [0.29, 0.717) is 0 Å². The van der Waals surface area contributed by atoms with Gasteiger partial charge in [-0.1, -0.05) is 112 Å². The molecule has 0 spiro atoms. The number of nitrogens with zero attached hydrogens (tertiary/aromatic N) is 2. The van der Waals surface area contributed by atoms with Crippen LogP contribution in [-0.4, -0.2) is 11.5 Å². The fraction of sp³-hybridized carbons (Fsp3) is 0.706. The zero-order valence-electron chi connectivity index (χ0n) is 24.9. The van der Waals surface area contributed by atoms with Gasteiger partial charge in [0.15, 0.2) is 24.8 Å². The smallest absolute Gasteiger partial charge is 0.169 e. The van der Waals surface area contributed by atoms with Crippen LogP contribution >= 0.6 is 21.6 Å². The van der Waals surface area contributed by atoms with Gasteiger partial charge in [-0.2, -0.15) is 0 Å². The molecule has 0 amide bonds. The van der Waals surface area contributed by atoms with Crippen molar-refractivity contribution in [3.63, 3.8) is 0 Å². The van der Waals surface area contributed by atoms with Gasteiger partial charge in [-0.3, -0.25) is 0 Å². The standard InChI is InChI=1S/C34H58N2S2/c1-3-5-7-9-11-13-15-17-25-35-27-19-33(20-28-35)23-31-37-38-32-24-34-21-29-36(30-22-34)26-18-16-14-12-10-8-6-4-2/h19-22,27-30H,3-18,23-26,31-32H2,1-2H3/q+2. The lowest BCUT2D eigenvalue weighted by molar-refractivity contribution is -0.697. The number of hydrogen-bond donors (Lipinski definition) is 0. The van der Waals surface area contributed by atoms with Gasteiger partial charge >= 0.3 is 0 Å². The predicted octanol–water partition coefficient (Wildman–Crippen LogP) is 9.71. The Kier molecular flexibility index (Phi) is 20.8. The summed E-state index contributed by atoms with van der Waals surface area (Å²) in [5, 5.41) is 0. The fourth-order valence-corrected chi connectivity index (χ4v) is 6.98. The third kappa shape index (κ3) is 17.6. The molecule has 0 aliphatic carbocycles. The van der Waals surface area contributed by atoms with Crippen molar-refractivity contribution >= 4 is 21.6 Å². The van der Waals surface area contributed by atoms with Crippen molar-refractivity contribution in [2.75, 3.05) is 11.5 Å². The molecule has 0 fully saturated rings. The SMILES string of the molecule is CCCCCCCCCC[n+]1ccc(CCSSCCc2cc[n+](CCCCCCCCCC)cc2)cc1. The number of aromatic nitrogens is 2. The minimum Gasteiger partial charge on any atom is -0.205 e. The van der Waals surface area contributed by atoms with Crippen molar-refractivity contribution in [3.8, 4) is 0 Å². The molecule has 0 aliphatic heterocycles. The van der Waals surface area contributed by atoms with Crippen molar-refractivity contribution in [1.82, 2.24) is 0 Å². The first kappa shape index (κ1) is 33.2. The van der Waals surface area contributed by atoms with Crippen LogP contribution in [0.15, 0.2) is 49.1 Å². The summed E-state index contributed by atoms with van der Waals surface area (Å²) in [4.78, 5) is 0. The molecule has 0 saturated carbocycles. The fourth-order valence-electron chi connectivity index (χ4n) is 4.90.